The molecule has 1 amide bonds. The van der Waals surface area contributed by atoms with Crippen molar-refractivity contribution in [2.24, 2.45) is 0 Å². The maximum atomic E-state index is 12.3. The molecule has 1 aliphatic heterocycles. The minimum absolute atomic E-state index is 0.233. The van der Waals surface area contributed by atoms with Crippen molar-refractivity contribution in [3.05, 3.63) is 54.4 Å². The van der Waals surface area contributed by atoms with Crippen LogP contribution in [0, 0.1) is 0 Å². The molecule has 2 aromatic rings. The summed E-state index contributed by atoms with van der Waals surface area (Å²) < 4.78 is 0. The quantitative estimate of drug-likeness (QED) is 0.896. The first-order valence-electron chi connectivity index (χ1n) is 9.41. The van der Waals surface area contributed by atoms with Gasteiger partial charge in [0.2, 0.25) is 5.91 Å². The van der Waals surface area contributed by atoms with Crippen LogP contribution in [-0.2, 0) is 4.79 Å². The molecular formula is C21H26N4O. The summed E-state index contributed by atoms with van der Waals surface area (Å²) in [5.74, 6) is 0.763. The second-order valence-electron chi connectivity index (χ2n) is 7.37. The fraction of sp³-hybridized carbons (Fsp3) is 0.429. The van der Waals surface area contributed by atoms with Gasteiger partial charge in [-0.1, -0.05) is 24.3 Å². The van der Waals surface area contributed by atoms with Crippen molar-refractivity contribution in [1.82, 2.24) is 20.1 Å². The van der Waals surface area contributed by atoms with Crippen molar-refractivity contribution < 1.29 is 4.79 Å². The van der Waals surface area contributed by atoms with Gasteiger partial charge in [0.25, 0.3) is 0 Å². The van der Waals surface area contributed by atoms with Crippen molar-refractivity contribution in [3.63, 3.8) is 0 Å². The lowest BCUT2D eigenvalue weighted by Crippen LogP contribution is -2.49. The van der Waals surface area contributed by atoms with Gasteiger partial charge in [-0.15, -0.1) is 0 Å². The highest BCUT2D eigenvalue weighted by molar-refractivity contribution is 5.78. The Kier molecular flexibility index (Phi) is 5.00. The van der Waals surface area contributed by atoms with Crippen LogP contribution in [0.3, 0.4) is 0 Å². The highest BCUT2D eigenvalue weighted by Gasteiger charge is 2.38. The number of hydrogen-bond acceptors (Lipinski definition) is 4. The Morgan fingerprint density at radius 3 is 2.38 bits per heavy atom. The molecule has 1 N–H and O–H groups in total. The van der Waals surface area contributed by atoms with E-state index in [0.717, 1.165) is 32.6 Å². The van der Waals surface area contributed by atoms with Crippen LogP contribution < -0.4 is 5.32 Å². The topological polar surface area (TPSA) is 48.5 Å². The van der Waals surface area contributed by atoms with Gasteiger partial charge in [-0.2, -0.15) is 0 Å². The average Bonchev–Trinajstić information content (AvgIpc) is 3.47. The first kappa shape index (κ1) is 17.2. The predicted molar refractivity (Wildman–Crippen MR) is 103 cm³/mol. The number of nitrogens with one attached hydrogen (secondary N) is 1. The van der Waals surface area contributed by atoms with E-state index in [4.69, 9.17) is 0 Å². The Morgan fingerprint density at radius 2 is 1.69 bits per heavy atom. The smallest absolute Gasteiger partial charge is 0.236 e. The zero-order chi connectivity index (χ0) is 17.9. The molecular weight excluding hydrogens is 324 g/mol. The highest BCUT2D eigenvalue weighted by atomic mass is 16.2. The summed E-state index contributed by atoms with van der Waals surface area (Å²) in [7, 11) is 2.11. The lowest BCUT2D eigenvalue weighted by molar-refractivity contribution is -0.131. The van der Waals surface area contributed by atoms with Crippen molar-refractivity contribution >= 4 is 5.91 Å². The summed E-state index contributed by atoms with van der Waals surface area (Å²) in [5, 5.41) is 3.45. The lowest BCUT2D eigenvalue weighted by Gasteiger charge is -2.32. The summed E-state index contributed by atoms with van der Waals surface area (Å²) in [6.07, 6.45) is 4.76. The third kappa shape index (κ3) is 3.94. The van der Waals surface area contributed by atoms with E-state index in [9.17, 15) is 4.79 Å². The molecule has 5 nitrogen and oxygen atoms in total. The fourth-order valence-electron chi connectivity index (χ4n) is 3.64. The summed E-state index contributed by atoms with van der Waals surface area (Å²) in [6, 6.07) is 13.3. The van der Waals surface area contributed by atoms with E-state index < -0.39 is 0 Å². The van der Waals surface area contributed by atoms with Gasteiger partial charge in [0, 0.05) is 50.5 Å². The van der Waals surface area contributed by atoms with Crippen LogP contribution in [0.5, 0.6) is 0 Å². The Balaban J connectivity index is 1.27. The number of carbonyl (C=O) groups is 1. The summed E-state index contributed by atoms with van der Waals surface area (Å²) in [4.78, 5) is 20.6. The van der Waals surface area contributed by atoms with E-state index in [-0.39, 0.29) is 5.91 Å². The number of piperazine rings is 1. The number of benzene rings is 1. The van der Waals surface area contributed by atoms with Gasteiger partial charge in [-0.3, -0.25) is 9.78 Å². The molecule has 2 heterocycles. The number of pyridine rings is 1. The molecule has 5 heteroatoms. The molecule has 4 rings (SSSR count). The van der Waals surface area contributed by atoms with Crippen molar-refractivity contribution in [3.8, 4) is 11.1 Å². The molecule has 0 radical (unpaired) electrons. The van der Waals surface area contributed by atoms with Gasteiger partial charge in [0.05, 0.1) is 6.54 Å². The number of hydrogen-bond donors (Lipinski definition) is 1. The molecule has 1 aromatic carbocycles. The third-order valence-electron chi connectivity index (χ3n) is 5.51. The number of carbonyl (C=O) groups excluding carboxylic acids is 1. The van der Waals surface area contributed by atoms with Crippen LogP contribution in [0.15, 0.2) is 48.8 Å². The summed E-state index contributed by atoms with van der Waals surface area (Å²) in [5.41, 5.74) is 3.76. The van der Waals surface area contributed by atoms with Gasteiger partial charge in [-0.05, 0) is 42.3 Å². The molecule has 1 saturated carbocycles. The number of likely N-dealkylation sites (N-methyl/N-ethyl adjacent to an activating group) is 1. The maximum Gasteiger partial charge on any atom is 0.236 e. The van der Waals surface area contributed by atoms with Crippen LogP contribution in [0.2, 0.25) is 0 Å². The van der Waals surface area contributed by atoms with E-state index in [0.29, 0.717) is 18.5 Å². The number of nitrogens with zero attached hydrogens (tertiary/aromatic N) is 3. The summed E-state index contributed by atoms with van der Waals surface area (Å²) >= 11 is 0. The first-order valence-corrected chi connectivity index (χ1v) is 9.41. The largest absolute Gasteiger partial charge is 0.339 e. The number of amides is 1. The molecule has 1 unspecified atom stereocenters. The average molecular weight is 350 g/mol. The van der Waals surface area contributed by atoms with Gasteiger partial charge < -0.3 is 15.1 Å². The van der Waals surface area contributed by atoms with Crippen LogP contribution in [0.25, 0.3) is 11.1 Å². The van der Waals surface area contributed by atoms with Crippen molar-refractivity contribution in [2.75, 3.05) is 39.8 Å². The van der Waals surface area contributed by atoms with Gasteiger partial charge in [-0.25, -0.2) is 0 Å². The minimum Gasteiger partial charge on any atom is -0.339 e. The minimum atomic E-state index is 0.233. The van der Waals surface area contributed by atoms with Crippen LogP contribution in [0.4, 0.5) is 0 Å². The Bertz CT molecular complexity index is 738. The second-order valence-corrected chi connectivity index (χ2v) is 7.37. The van der Waals surface area contributed by atoms with Crippen LogP contribution in [-0.4, -0.2) is 66.5 Å². The van der Waals surface area contributed by atoms with E-state index in [1.54, 1.807) is 0 Å². The van der Waals surface area contributed by atoms with Crippen LogP contribution in [0.1, 0.15) is 17.9 Å². The standard InChI is InChI=1S/C21H26N4O/c1-24-10-12-25(13-11-24)21(26)15-23-20-14-19(20)18-4-2-16(3-5-18)17-6-8-22-9-7-17/h2-9,19-20,23H,10-15H2,1H3/t19?,20-/m0/s1. The molecule has 2 atom stereocenters. The highest BCUT2D eigenvalue weighted by Crippen LogP contribution is 2.41. The van der Waals surface area contributed by atoms with Crippen molar-refractivity contribution in [1.29, 1.82) is 0 Å². The molecule has 26 heavy (non-hydrogen) atoms. The molecule has 1 aromatic heterocycles. The lowest BCUT2D eigenvalue weighted by atomic mass is 10.0. The molecule has 1 saturated heterocycles. The van der Waals surface area contributed by atoms with Gasteiger partial charge >= 0.3 is 0 Å². The monoisotopic (exact) mass is 350 g/mol. The molecule has 2 fully saturated rings. The van der Waals surface area contributed by atoms with E-state index >= 15 is 0 Å². The second kappa shape index (κ2) is 7.56. The van der Waals surface area contributed by atoms with Crippen LogP contribution >= 0.6 is 0 Å². The Hall–Kier alpha value is -2.24. The van der Waals surface area contributed by atoms with E-state index in [1.807, 2.05) is 29.4 Å². The molecule has 136 valence electrons. The molecule has 0 bridgehead atoms. The third-order valence-corrected chi connectivity index (χ3v) is 5.51. The number of aromatic nitrogens is 1. The first-order chi connectivity index (χ1) is 12.7. The zero-order valence-corrected chi connectivity index (χ0v) is 15.3. The Labute approximate surface area is 155 Å². The maximum absolute atomic E-state index is 12.3. The number of rotatable bonds is 5. The zero-order valence-electron chi connectivity index (χ0n) is 15.3. The van der Waals surface area contributed by atoms with E-state index in [2.05, 4.69) is 46.5 Å². The van der Waals surface area contributed by atoms with Gasteiger partial charge in [0.15, 0.2) is 0 Å². The molecule has 0 spiro atoms. The SMILES string of the molecule is CN1CCN(C(=O)CN[C@H]2CC2c2ccc(-c3ccncc3)cc2)CC1. The van der Waals surface area contributed by atoms with Gasteiger partial charge in [0.1, 0.15) is 0 Å². The normalized spacial score (nSPS) is 23.0. The molecule has 2 aliphatic rings. The molecule has 1 aliphatic carbocycles. The van der Waals surface area contributed by atoms with Crippen molar-refractivity contribution in [2.45, 2.75) is 18.4 Å². The fourth-order valence-corrected chi connectivity index (χ4v) is 3.64. The van der Waals surface area contributed by atoms with E-state index in [1.165, 1.54) is 16.7 Å². The Morgan fingerprint density at radius 1 is 1.04 bits per heavy atom. The summed E-state index contributed by atoms with van der Waals surface area (Å²) in [6.45, 7) is 4.10. The predicted octanol–water partition coefficient (Wildman–Crippen LogP) is 1.97.